The Labute approximate surface area is 190 Å². The van der Waals surface area contributed by atoms with Crippen molar-refractivity contribution in [2.24, 2.45) is 0 Å². The lowest BCUT2D eigenvalue weighted by Crippen LogP contribution is -2.50. The van der Waals surface area contributed by atoms with E-state index in [4.69, 9.17) is 22.2 Å². The number of anilines is 2. The number of hydrogen-bond donors (Lipinski definition) is 2. The average molecular weight is 440 g/mol. The Hall–Kier alpha value is -3.78. The number of rotatable bonds is 2. The molecule has 6 rings (SSSR count). The third-order valence-corrected chi connectivity index (χ3v) is 6.25. The molecule has 0 saturated carbocycles. The van der Waals surface area contributed by atoms with Gasteiger partial charge < -0.3 is 20.1 Å². The van der Waals surface area contributed by atoms with Gasteiger partial charge in [0.2, 0.25) is 0 Å². The van der Waals surface area contributed by atoms with Gasteiger partial charge in [0.15, 0.2) is 10.8 Å². The number of H-pyrrole nitrogens is 1. The Morgan fingerprint density at radius 1 is 0.906 bits per heavy atom. The Balaban J connectivity index is 1.21. The molecular formula is C24H21N7S. The monoisotopic (exact) mass is 439 g/mol. The summed E-state index contributed by atoms with van der Waals surface area (Å²) in [6, 6.07) is 20.1. The van der Waals surface area contributed by atoms with Crippen LogP contribution in [0.1, 0.15) is 0 Å². The summed E-state index contributed by atoms with van der Waals surface area (Å²) in [6.07, 6.45) is 1.84. The summed E-state index contributed by atoms with van der Waals surface area (Å²) in [6.45, 7) is 3.50. The van der Waals surface area contributed by atoms with Crippen molar-refractivity contribution in [3.63, 3.8) is 0 Å². The first kappa shape index (κ1) is 18.9. The second kappa shape index (κ2) is 7.72. The minimum absolute atomic E-state index is 0.737. The zero-order valence-corrected chi connectivity index (χ0v) is 18.1. The van der Waals surface area contributed by atoms with Gasteiger partial charge >= 0.3 is 0 Å². The normalized spacial score (nSPS) is 14.4. The van der Waals surface area contributed by atoms with Crippen LogP contribution in [0.25, 0.3) is 33.1 Å². The van der Waals surface area contributed by atoms with Crippen molar-refractivity contribution in [1.82, 2.24) is 24.8 Å². The van der Waals surface area contributed by atoms with Crippen LogP contribution in [0.3, 0.4) is 0 Å². The average Bonchev–Trinajstić information content (AvgIpc) is 3.20. The summed E-state index contributed by atoms with van der Waals surface area (Å²) < 4.78 is 0. The van der Waals surface area contributed by atoms with Gasteiger partial charge in [-0.1, -0.05) is 18.2 Å². The molecule has 0 radical (unpaired) electrons. The predicted molar refractivity (Wildman–Crippen MR) is 133 cm³/mol. The number of fused-ring (bicyclic) bond motifs is 4. The van der Waals surface area contributed by atoms with E-state index in [1.54, 1.807) is 0 Å². The SMILES string of the molecule is S=C(Nc1ccc2[nH]c3nc4ccccc4nc3c2c1)N1CCN(c2ccccn2)CC1. The third-order valence-electron chi connectivity index (χ3n) is 5.89. The number of hydrogen-bond acceptors (Lipinski definition) is 5. The predicted octanol–water partition coefficient (Wildman–Crippen LogP) is 4.18. The second-order valence-corrected chi connectivity index (χ2v) is 8.27. The van der Waals surface area contributed by atoms with E-state index in [0.29, 0.717) is 0 Å². The number of piperazine rings is 1. The molecule has 0 spiro atoms. The Morgan fingerprint density at radius 3 is 2.47 bits per heavy atom. The highest BCUT2D eigenvalue weighted by Gasteiger charge is 2.20. The van der Waals surface area contributed by atoms with Crippen LogP contribution in [0.4, 0.5) is 11.5 Å². The first-order valence-electron chi connectivity index (χ1n) is 10.6. The van der Waals surface area contributed by atoms with E-state index in [1.807, 2.05) is 54.7 Å². The first-order chi connectivity index (χ1) is 15.7. The van der Waals surface area contributed by atoms with Gasteiger partial charge in [0, 0.05) is 49.0 Å². The summed E-state index contributed by atoms with van der Waals surface area (Å²) in [5.74, 6) is 1.02. The fourth-order valence-corrected chi connectivity index (χ4v) is 4.51. The maximum Gasteiger partial charge on any atom is 0.173 e. The summed E-state index contributed by atoms with van der Waals surface area (Å²) in [5.41, 5.74) is 5.40. The van der Waals surface area contributed by atoms with Gasteiger partial charge in [-0.25, -0.2) is 15.0 Å². The molecule has 0 aliphatic carbocycles. The van der Waals surface area contributed by atoms with Crippen molar-refractivity contribution < 1.29 is 0 Å². The molecule has 32 heavy (non-hydrogen) atoms. The van der Waals surface area contributed by atoms with E-state index in [0.717, 1.165) is 75.9 Å². The summed E-state index contributed by atoms with van der Waals surface area (Å²) in [4.78, 5) is 21.9. The van der Waals surface area contributed by atoms with Gasteiger partial charge in [-0.2, -0.15) is 0 Å². The Bertz CT molecular complexity index is 1440. The maximum atomic E-state index is 5.72. The number of para-hydroxylation sites is 2. The molecule has 8 heteroatoms. The van der Waals surface area contributed by atoms with Crippen molar-refractivity contribution in [1.29, 1.82) is 0 Å². The number of pyridine rings is 1. The molecule has 0 amide bonds. The highest BCUT2D eigenvalue weighted by atomic mass is 32.1. The van der Waals surface area contributed by atoms with Gasteiger partial charge in [-0.15, -0.1) is 0 Å². The van der Waals surface area contributed by atoms with Crippen LogP contribution < -0.4 is 10.2 Å². The standard InChI is InChI=1S/C24H21N7S/c32-24(31-13-11-30(12-14-31)21-7-3-4-10-25-21)26-16-8-9-18-17(15-16)22-23(28-18)29-20-6-2-1-5-19(20)27-22/h1-10,15H,11-14H2,(H,26,32)(H,28,29). The van der Waals surface area contributed by atoms with Gasteiger partial charge in [0.05, 0.1) is 11.0 Å². The van der Waals surface area contributed by atoms with Crippen molar-refractivity contribution >= 4 is 61.9 Å². The lowest BCUT2D eigenvalue weighted by Gasteiger charge is -2.36. The number of benzene rings is 2. The van der Waals surface area contributed by atoms with Crippen LogP contribution in [0, 0.1) is 0 Å². The molecule has 0 bridgehead atoms. The van der Waals surface area contributed by atoms with Gasteiger partial charge in [-0.05, 0) is 54.7 Å². The van der Waals surface area contributed by atoms with Crippen LogP contribution >= 0.6 is 12.2 Å². The van der Waals surface area contributed by atoms with Crippen LogP contribution in [-0.4, -0.2) is 56.1 Å². The van der Waals surface area contributed by atoms with Crippen molar-refractivity contribution in [3.8, 4) is 0 Å². The molecule has 2 aromatic carbocycles. The van der Waals surface area contributed by atoms with Crippen molar-refractivity contribution in [3.05, 3.63) is 66.9 Å². The topological polar surface area (TPSA) is 73.0 Å². The quantitative estimate of drug-likeness (QED) is 0.400. The highest BCUT2D eigenvalue weighted by molar-refractivity contribution is 7.80. The second-order valence-electron chi connectivity index (χ2n) is 7.89. The summed E-state index contributed by atoms with van der Waals surface area (Å²) in [7, 11) is 0. The molecule has 1 fully saturated rings. The van der Waals surface area contributed by atoms with Gasteiger partial charge in [-0.3, -0.25) is 0 Å². The molecule has 5 aromatic rings. The minimum atomic E-state index is 0.737. The van der Waals surface area contributed by atoms with Gasteiger partial charge in [0.25, 0.3) is 0 Å². The van der Waals surface area contributed by atoms with E-state index in [-0.39, 0.29) is 0 Å². The molecule has 3 aromatic heterocycles. The maximum absolute atomic E-state index is 5.72. The van der Waals surface area contributed by atoms with E-state index in [1.165, 1.54) is 0 Å². The largest absolute Gasteiger partial charge is 0.353 e. The third kappa shape index (κ3) is 3.38. The molecule has 1 aliphatic heterocycles. The molecule has 1 aliphatic rings. The molecule has 2 N–H and O–H groups in total. The zero-order valence-electron chi connectivity index (χ0n) is 17.3. The Kier molecular flexibility index (Phi) is 4.57. The molecule has 1 saturated heterocycles. The lowest BCUT2D eigenvalue weighted by atomic mass is 10.2. The molecule has 4 heterocycles. The molecular weight excluding hydrogens is 418 g/mol. The van der Waals surface area contributed by atoms with Crippen LogP contribution in [0.5, 0.6) is 0 Å². The fourth-order valence-electron chi connectivity index (χ4n) is 4.21. The van der Waals surface area contributed by atoms with Crippen LogP contribution in [0.2, 0.25) is 0 Å². The van der Waals surface area contributed by atoms with E-state index in [2.05, 4.69) is 37.2 Å². The number of nitrogens with zero attached hydrogens (tertiary/aromatic N) is 5. The molecule has 7 nitrogen and oxygen atoms in total. The van der Waals surface area contributed by atoms with Crippen molar-refractivity contribution in [2.75, 3.05) is 36.4 Å². The minimum Gasteiger partial charge on any atom is -0.353 e. The Morgan fingerprint density at radius 2 is 1.69 bits per heavy atom. The molecule has 158 valence electrons. The van der Waals surface area contributed by atoms with Crippen LogP contribution in [0.15, 0.2) is 66.9 Å². The summed E-state index contributed by atoms with van der Waals surface area (Å²) in [5, 5.41) is 5.18. The van der Waals surface area contributed by atoms with E-state index < -0.39 is 0 Å². The molecule has 0 unspecified atom stereocenters. The van der Waals surface area contributed by atoms with Crippen LogP contribution in [-0.2, 0) is 0 Å². The smallest absolute Gasteiger partial charge is 0.173 e. The number of nitrogens with one attached hydrogen (secondary N) is 2. The first-order valence-corrected chi connectivity index (χ1v) is 11.1. The number of thiocarbonyl (C=S) groups is 1. The number of aromatic amines is 1. The number of aromatic nitrogens is 4. The zero-order chi connectivity index (χ0) is 21.5. The highest BCUT2D eigenvalue weighted by Crippen LogP contribution is 2.27. The van der Waals surface area contributed by atoms with Crippen molar-refractivity contribution in [2.45, 2.75) is 0 Å². The fraction of sp³-hybridized carbons (Fsp3) is 0.167. The van der Waals surface area contributed by atoms with E-state index in [9.17, 15) is 0 Å². The lowest BCUT2D eigenvalue weighted by molar-refractivity contribution is 0.389. The molecule has 0 atom stereocenters. The van der Waals surface area contributed by atoms with E-state index >= 15 is 0 Å². The van der Waals surface area contributed by atoms with Gasteiger partial charge in [0.1, 0.15) is 11.3 Å². The summed E-state index contributed by atoms with van der Waals surface area (Å²) >= 11 is 5.72.